The van der Waals surface area contributed by atoms with Crippen molar-refractivity contribution in [2.45, 2.75) is 122 Å². The zero-order chi connectivity index (χ0) is 36.1. The van der Waals surface area contributed by atoms with Crippen LogP contribution in [0.4, 0.5) is 10.5 Å². The number of hydrogen-bond acceptors (Lipinski definition) is 6. The first-order valence-electron chi connectivity index (χ1n) is 18.1. The Morgan fingerprint density at radius 2 is 1.66 bits per heavy atom. The molecule has 1 aliphatic heterocycles. The van der Waals surface area contributed by atoms with Gasteiger partial charge in [0.1, 0.15) is 11.9 Å². The van der Waals surface area contributed by atoms with Crippen LogP contribution in [-0.2, 0) is 21.0 Å². The minimum absolute atomic E-state index is 0.0942. The van der Waals surface area contributed by atoms with Crippen molar-refractivity contribution >= 4 is 27.1 Å². The number of nitrogens with zero attached hydrogens (tertiary/aromatic N) is 4. The summed E-state index contributed by atoms with van der Waals surface area (Å²) >= 11 is 0. The highest BCUT2D eigenvalue weighted by Gasteiger charge is 2.40. The van der Waals surface area contributed by atoms with E-state index in [9.17, 15) is 4.79 Å². The molecular formula is C40H56N6O3Si. The molecule has 3 heterocycles. The van der Waals surface area contributed by atoms with E-state index in [4.69, 9.17) is 9.16 Å². The number of nitrogens with one attached hydrogen (secondary N) is 2. The van der Waals surface area contributed by atoms with Gasteiger partial charge in [-0.2, -0.15) is 0 Å². The van der Waals surface area contributed by atoms with Crippen LogP contribution in [0.5, 0.6) is 5.75 Å². The second-order valence-electron chi connectivity index (χ2n) is 17.3. The van der Waals surface area contributed by atoms with Crippen LogP contribution >= 0.6 is 0 Å². The van der Waals surface area contributed by atoms with E-state index in [0.717, 1.165) is 77.4 Å². The number of hydrogen-bond donors (Lipinski definition) is 2. The Balaban J connectivity index is 1.19. The number of carbonyl (C=O) groups is 1. The first kappa shape index (κ1) is 36.1. The molecule has 50 heavy (non-hydrogen) atoms. The highest BCUT2D eigenvalue weighted by molar-refractivity contribution is 6.31. The Kier molecular flexibility index (Phi) is 9.69. The van der Waals surface area contributed by atoms with Gasteiger partial charge in [0.2, 0.25) is 0 Å². The molecule has 2 N–H and O–H groups in total. The lowest BCUT2D eigenvalue weighted by Gasteiger charge is -2.33. The molecular weight excluding hydrogens is 641 g/mol. The molecule has 2 aromatic carbocycles. The van der Waals surface area contributed by atoms with Gasteiger partial charge in [0.15, 0.2) is 21.2 Å². The van der Waals surface area contributed by atoms with Crippen molar-refractivity contribution in [2.75, 3.05) is 18.9 Å². The van der Waals surface area contributed by atoms with Crippen LogP contribution in [0.3, 0.4) is 0 Å². The Morgan fingerprint density at radius 1 is 0.940 bits per heavy atom. The summed E-state index contributed by atoms with van der Waals surface area (Å²) in [4.78, 5) is 16.0. The van der Waals surface area contributed by atoms with Crippen LogP contribution in [0.2, 0.25) is 5.04 Å². The lowest BCUT2D eigenvalue weighted by molar-refractivity contribution is 0.109. The van der Waals surface area contributed by atoms with Crippen molar-refractivity contribution in [3.05, 3.63) is 88.9 Å². The van der Waals surface area contributed by atoms with Crippen molar-refractivity contribution in [1.82, 2.24) is 24.8 Å². The van der Waals surface area contributed by atoms with Gasteiger partial charge in [-0.15, -0.1) is 10.2 Å². The Labute approximate surface area is 300 Å². The van der Waals surface area contributed by atoms with E-state index in [1.807, 2.05) is 30.5 Å². The van der Waals surface area contributed by atoms with Crippen molar-refractivity contribution in [1.29, 1.82) is 0 Å². The van der Waals surface area contributed by atoms with E-state index in [0.29, 0.717) is 0 Å². The molecule has 2 aliphatic rings. The SMILES string of the molecule is CN1CCC[C@@]1(C)c1nnc2ccc(O[C@@H]3CC[C@H](NC(=O)Nc4cc(C(C)(C)C)cc(C(C)(C)O[SiH2]C(C)(C)C)c4)c4ccccc43)cn12. The van der Waals surface area contributed by atoms with Gasteiger partial charge >= 0.3 is 6.03 Å². The highest BCUT2D eigenvalue weighted by atomic mass is 28.2. The van der Waals surface area contributed by atoms with Crippen LogP contribution in [0.25, 0.3) is 5.65 Å². The average molecular weight is 697 g/mol. The van der Waals surface area contributed by atoms with Crippen LogP contribution in [0.15, 0.2) is 60.8 Å². The number of likely N-dealkylation sites (tertiary alicyclic amines) is 1. The molecule has 2 aromatic heterocycles. The highest BCUT2D eigenvalue weighted by Crippen LogP contribution is 2.41. The number of amides is 2. The number of aromatic nitrogens is 3. The number of pyridine rings is 1. The van der Waals surface area contributed by atoms with Gasteiger partial charge in [0.25, 0.3) is 0 Å². The number of carbonyl (C=O) groups excluding carboxylic acids is 1. The summed E-state index contributed by atoms with van der Waals surface area (Å²) < 4.78 is 15.3. The molecule has 9 nitrogen and oxygen atoms in total. The minimum atomic E-state index is -0.783. The molecule has 0 bridgehead atoms. The van der Waals surface area contributed by atoms with Crippen molar-refractivity contribution in [2.24, 2.45) is 0 Å². The monoisotopic (exact) mass is 696 g/mol. The summed E-state index contributed by atoms with van der Waals surface area (Å²) in [5, 5.41) is 15.7. The molecule has 6 rings (SSSR count). The Bertz CT molecular complexity index is 1860. The fourth-order valence-corrected chi connectivity index (χ4v) is 8.12. The van der Waals surface area contributed by atoms with Crippen molar-refractivity contribution in [3.8, 4) is 5.75 Å². The first-order valence-corrected chi connectivity index (χ1v) is 19.4. The molecule has 1 saturated heterocycles. The van der Waals surface area contributed by atoms with Crippen LogP contribution < -0.4 is 15.4 Å². The van der Waals surface area contributed by atoms with Gasteiger partial charge in [0.05, 0.1) is 23.4 Å². The number of rotatable bonds is 8. The number of fused-ring (bicyclic) bond motifs is 2. The third kappa shape index (κ3) is 7.62. The van der Waals surface area contributed by atoms with E-state index in [1.54, 1.807) is 0 Å². The number of urea groups is 1. The van der Waals surface area contributed by atoms with E-state index < -0.39 is 15.4 Å². The summed E-state index contributed by atoms with van der Waals surface area (Å²) in [7, 11) is 1.37. The Morgan fingerprint density at radius 3 is 2.34 bits per heavy atom. The number of ether oxygens (including phenoxy) is 1. The fourth-order valence-electron chi connectivity index (χ4n) is 7.16. The molecule has 10 heteroatoms. The molecule has 0 spiro atoms. The topological polar surface area (TPSA) is 93.0 Å². The van der Waals surface area contributed by atoms with Gasteiger partial charge in [0, 0.05) is 5.69 Å². The van der Waals surface area contributed by atoms with E-state index in [1.165, 1.54) is 0 Å². The van der Waals surface area contributed by atoms with Gasteiger partial charge in [-0.1, -0.05) is 71.9 Å². The maximum Gasteiger partial charge on any atom is 0.319 e. The lowest BCUT2D eigenvalue weighted by atomic mass is 9.83. The number of benzene rings is 2. The maximum atomic E-state index is 13.6. The van der Waals surface area contributed by atoms with Gasteiger partial charge < -0.3 is 19.8 Å². The third-order valence-corrected chi connectivity index (χ3v) is 12.2. The van der Waals surface area contributed by atoms with E-state index in [-0.39, 0.29) is 34.2 Å². The van der Waals surface area contributed by atoms with E-state index >= 15 is 0 Å². The summed E-state index contributed by atoms with van der Waals surface area (Å²) in [6, 6.07) is 18.3. The van der Waals surface area contributed by atoms with Crippen LogP contribution in [-0.4, -0.2) is 48.9 Å². The largest absolute Gasteiger partial charge is 0.484 e. The van der Waals surface area contributed by atoms with Gasteiger partial charge in [-0.05, 0) is 117 Å². The summed E-state index contributed by atoms with van der Waals surface area (Å²) in [6.07, 6.45) is 5.59. The van der Waals surface area contributed by atoms with Crippen molar-refractivity contribution in [3.63, 3.8) is 0 Å². The molecule has 0 saturated carbocycles. The number of anilines is 1. The van der Waals surface area contributed by atoms with Gasteiger partial charge in [-0.25, -0.2) is 4.79 Å². The van der Waals surface area contributed by atoms with E-state index in [2.05, 4.69) is 130 Å². The van der Waals surface area contributed by atoms with Crippen molar-refractivity contribution < 1.29 is 14.0 Å². The molecule has 0 radical (unpaired) electrons. The Hall–Kier alpha value is -3.73. The quantitative estimate of drug-likeness (QED) is 0.180. The molecule has 1 fully saturated rings. The second-order valence-corrected chi connectivity index (χ2v) is 20.0. The zero-order valence-corrected chi connectivity index (χ0v) is 33.1. The minimum Gasteiger partial charge on any atom is -0.484 e. The molecule has 268 valence electrons. The third-order valence-electron chi connectivity index (χ3n) is 10.5. The fraction of sp³-hybridized carbons (Fsp3) is 0.525. The standard InChI is InChI=1S/C40H56N6O3Si/c1-37(2,3)26-22-27(39(7,8)49-50-38(4,5)6)24-28(23-26)41-36(47)42-32-17-18-33(31-15-12-11-14-30(31)32)48-29-16-19-34-43-44-35(46(34)25-29)40(9)20-13-21-45(40)10/h11-12,14-16,19,22-25,32-33H,13,17-18,20-21,50H2,1-10H3,(H2,41,42,47)/t32-,33+,40-/m0/s1. The first-order chi connectivity index (χ1) is 23.4. The summed E-state index contributed by atoms with van der Waals surface area (Å²) in [5.41, 5.74) is 5.26. The maximum absolute atomic E-state index is 13.6. The average Bonchev–Trinajstić information content (AvgIpc) is 3.63. The summed E-state index contributed by atoms with van der Waals surface area (Å²) in [5.74, 6) is 1.72. The molecule has 3 atom stereocenters. The molecule has 4 aromatic rings. The lowest BCUT2D eigenvalue weighted by Crippen LogP contribution is -2.37. The molecule has 0 unspecified atom stereocenters. The predicted octanol–water partition coefficient (Wildman–Crippen LogP) is 8.30. The summed E-state index contributed by atoms with van der Waals surface area (Å²) in [6.45, 7) is 20.9. The van der Waals surface area contributed by atoms with Gasteiger partial charge in [-0.3, -0.25) is 9.30 Å². The molecule has 2 amide bonds. The van der Waals surface area contributed by atoms with Crippen LogP contribution in [0.1, 0.15) is 128 Å². The second kappa shape index (κ2) is 13.4. The smallest absolute Gasteiger partial charge is 0.319 e. The molecule has 1 aliphatic carbocycles. The predicted molar refractivity (Wildman–Crippen MR) is 204 cm³/mol. The normalized spacial score (nSPS) is 21.9. The zero-order valence-electron chi connectivity index (χ0n) is 31.7. The van der Waals surface area contributed by atoms with Crippen LogP contribution in [0, 0.1) is 0 Å².